The number of amides is 1. The topological polar surface area (TPSA) is 89.8 Å². The summed E-state index contributed by atoms with van der Waals surface area (Å²) in [5, 5.41) is 14.4. The predicted octanol–water partition coefficient (Wildman–Crippen LogP) is 3.79. The predicted molar refractivity (Wildman–Crippen MR) is 117 cm³/mol. The van der Waals surface area contributed by atoms with Gasteiger partial charge in [0.05, 0.1) is 11.7 Å². The lowest BCUT2D eigenvalue weighted by atomic mass is 9.99. The molecule has 4 rings (SSSR count). The number of nitrogens with one attached hydrogen (secondary N) is 1. The number of rotatable bonds is 5. The van der Waals surface area contributed by atoms with E-state index in [9.17, 15) is 9.59 Å². The minimum Gasteiger partial charge on any atom is -0.299 e. The Hall–Kier alpha value is -2.91. The number of hydrogen-bond donors (Lipinski definition) is 1. The van der Waals surface area contributed by atoms with Crippen molar-refractivity contribution in [2.45, 2.75) is 33.7 Å². The number of fused-ring (bicyclic) bond motifs is 1. The van der Waals surface area contributed by atoms with Gasteiger partial charge < -0.3 is 0 Å². The summed E-state index contributed by atoms with van der Waals surface area (Å²) in [5.74, 6) is -0.338. The monoisotopic (exact) mass is 425 g/mol. The third-order valence-corrected chi connectivity index (χ3v) is 6.43. The van der Waals surface area contributed by atoms with Gasteiger partial charge in [0.15, 0.2) is 0 Å². The Balaban J connectivity index is 1.67. The smallest absolute Gasteiger partial charge is 0.263 e. The number of nitrogens with zero attached hydrogens (tertiary/aromatic N) is 4. The van der Waals surface area contributed by atoms with E-state index in [1.807, 2.05) is 38.3 Å². The largest absolute Gasteiger partial charge is 0.299 e. The first-order valence-corrected chi connectivity index (χ1v) is 10.8. The van der Waals surface area contributed by atoms with Crippen LogP contribution in [0.1, 0.15) is 23.1 Å². The van der Waals surface area contributed by atoms with Gasteiger partial charge in [-0.3, -0.25) is 19.5 Å². The molecule has 0 aliphatic heterocycles. The zero-order valence-electron chi connectivity index (χ0n) is 16.2. The number of thiophene rings is 1. The number of aryl methyl sites for hydroxylation is 3. The van der Waals surface area contributed by atoms with E-state index in [1.165, 1.54) is 39.1 Å². The maximum atomic E-state index is 13.1. The Morgan fingerprint density at radius 2 is 2.03 bits per heavy atom. The van der Waals surface area contributed by atoms with Crippen molar-refractivity contribution in [3.05, 3.63) is 56.4 Å². The quantitative estimate of drug-likeness (QED) is 0.525. The number of anilines is 1. The van der Waals surface area contributed by atoms with Crippen molar-refractivity contribution in [2.75, 3.05) is 5.32 Å². The van der Waals surface area contributed by atoms with Crippen molar-refractivity contribution in [3.8, 4) is 11.1 Å². The Morgan fingerprint density at radius 1 is 1.21 bits per heavy atom. The molecule has 3 heterocycles. The van der Waals surface area contributed by atoms with E-state index in [0.29, 0.717) is 15.3 Å². The lowest BCUT2D eigenvalue weighted by Gasteiger charge is -2.08. The summed E-state index contributed by atoms with van der Waals surface area (Å²) in [5.41, 5.74) is 3.89. The molecule has 0 saturated heterocycles. The number of aromatic nitrogens is 4. The summed E-state index contributed by atoms with van der Waals surface area (Å²) in [6, 6.07) is 6.14. The summed E-state index contributed by atoms with van der Waals surface area (Å²) >= 11 is 2.76. The highest BCUT2D eigenvalue weighted by molar-refractivity contribution is 7.17. The van der Waals surface area contributed by atoms with Crippen LogP contribution in [0.2, 0.25) is 0 Å². The van der Waals surface area contributed by atoms with E-state index in [-0.39, 0.29) is 18.0 Å². The first-order valence-electron chi connectivity index (χ1n) is 9.12. The van der Waals surface area contributed by atoms with E-state index in [4.69, 9.17) is 0 Å². The normalized spacial score (nSPS) is 11.1. The van der Waals surface area contributed by atoms with Crippen molar-refractivity contribution >= 4 is 43.9 Å². The molecule has 0 atom stereocenters. The summed E-state index contributed by atoms with van der Waals surface area (Å²) in [6.07, 6.45) is 2.18. The SMILES string of the molecule is CCc1nnc(NC(=O)Cn2cnc3scc(-c4ccc(C)cc4C)c3c2=O)s1. The second-order valence-electron chi connectivity index (χ2n) is 6.73. The van der Waals surface area contributed by atoms with Crippen molar-refractivity contribution in [3.63, 3.8) is 0 Å². The molecule has 148 valence electrons. The minimum atomic E-state index is -0.338. The van der Waals surface area contributed by atoms with Crippen LogP contribution in [-0.4, -0.2) is 25.7 Å². The van der Waals surface area contributed by atoms with Crippen LogP contribution in [0.3, 0.4) is 0 Å². The van der Waals surface area contributed by atoms with Gasteiger partial charge in [-0.15, -0.1) is 21.5 Å². The van der Waals surface area contributed by atoms with E-state index in [1.54, 1.807) is 0 Å². The van der Waals surface area contributed by atoms with Crippen LogP contribution in [0.25, 0.3) is 21.3 Å². The molecular weight excluding hydrogens is 406 g/mol. The summed E-state index contributed by atoms with van der Waals surface area (Å²) in [4.78, 5) is 30.6. The molecule has 1 amide bonds. The maximum absolute atomic E-state index is 13.1. The van der Waals surface area contributed by atoms with Gasteiger partial charge in [-0.25, -0.2) is 4.98 Å². The van der Waals surface area contributed by atoms with E-state index < -0.39 is 0 Å². The highest BCUT2D eigenvalue weighted by Crippen LogP contribution is 2.33. The Morgan fingerprint density at radius 3 is 2.76 bits per heavy atom. The summed E-state index contributed by atoms with van der Waals surface area (Å²) in [7, 11) is 0. The number of hydrogen-bond acceptors (Lipinski definition) is 7. The van der Waals surface area contributed by atoms with Gasteiger partial charge in [0.1, 0.15) is 16.4 Å². The van der Waals surface area contributed by atoms with Crippen LogP contribution < -0.4 is 10.9 Å². The minimum absolute atomic E-state index is 0.134. The first kappa shape index (κ1) is 19.4. The molecule has 4 aromatic rings. The van der Waals surface area contributed by atoms with E-state index >= 15 is 0 Å². The number of carbonyl (C=O) groups is 1. The molecule has 1 N–H and O–H groups in total. The van der Waals surface area contributed by atoms with Gasteiger partial charge in [-0.05, 0) is 31.4 Å². The Labute approximate surface area is 175 Å². The van der Waals surface area contributed by atoms with Crippen LogP contribution >= 0.6 is 22.7 Å². The molecule has 0 aliphatic carbocycles. The van der Waals surface area contributed by atoms with Crippen molar-refractivity contribution in [1.82, 2.24) is 19.7 Å². The van der Waals surface area contributed by atoms with Crippen LogP contribution in [0.4, 0.5) is 5.13 Å². The molecule has 0 saturated carbocycles. The Kier molecular flexibility index (Phi) is 5.25. The molecule has 29 heavy (non-hydrogen) atoms. The molecule has 0 spiro atoms. The second kappa shape index (κ2) is 7.84. The van der Waals surface area contributed by atoms with Crippen LogP contribution in [0, 0.1) is 13.8 Å². The van der Waals surface area contributed by atoms with Gasteiger partial charge in [0, 0.05) is 10.9 Å². The molecule has 0 unspecified atom stereocenters. The first-order chi connectivity index (χ1) is 14.0. The average molecular weight is 426 g/mol. The fourth-order valence-corrected chi connectivity index (χ4v) is 4.75. The highest BCUT2D eigenvalue weighted by Gasteiger charge is 2.16. The fourth-order valence-electron chi connectivity index (χ4n) is 3.15. The zero-order chi connectivity index (χ0) is 20.5. The molecular formula is C20H19N5O2S2. The molecule has 3 aromatic heterocycles. The molecule has 0 bridgehead atoms. The molecule has 7 nitrogen and oxygen atoms in total. The van der Waals surface area contributed by atoms with Gasteiger partial charge >= 0.3 is 0 Å². The lowest BCUT2D eigenvalue weighted by Crippen LogP contribution is -2.27. The molecule has 0 radical (unpaired) electrons. The zero-order valence-corrected chi connectivity index (χ0v) is 17.9. The third kappa shape index (κ3) is 3.83. The van der Waals surface area contributed by atoms with Crippen molar-refractivity contribution in [1.29, 1.82) is 0 Å². The van der Waals surface area contributed by atoms with Crippen LogP contribution in [0.5, 0.6) is 0 Å². The van der Waals surface area contributed by atoms with E-state index in [2.05, 4.69) is 26.6 Å². The van der Waals surface area contributed by atoms with Crippen molar-refractivity contribution in [2.24, 2.45) is 0 Å². The number of benzene rings is 1. The molecule has 9 heteroatoms. The molecule has 0 fully saturated rings. The van der Waals surface area contributed by atoms with Crippen LogP contribution in [0.15, 0.2) is 34.7 Å². The molecule has 0 aliphatic rings. The number of carbonyl (C=O) groups excluding carboxylic acids is 1. The van der Waals surface area contributed by atoms with Gasteiger partial charge in [0.2, 0.25) is 11.0 Å². The van der Waals surface area contributed by atoms with E-state index in [0.717, 1.165) is 28.1 Å². The Bertz CT molecular complexity index is 1270. The average Bonchev–Trinajstić information content (AvgIpc) is 3.31. The summed E-state index contributed by atoms with van der Waals surface area (Å²) < 4.78 is 1.33. The molecule has 1 aromatic carbocycles. The lowest BCUT2D eigenvalue weighted by molar-refractivity contribution is -0.116. The van der Waals surface area contributed by atoms with Gasteiger partial charge in [-0.2, -0.15) is 0 Å². The maximum Gasteiger partial charge on any atom is 0.263 e. The standard InChI is InChI=1S/C20H19N5O2S2/c1-4-16-23-24-20(29-16)22-15(26)8-25-10-21-18-17(19(25)27)14(9-28-18)13-6-5-11(2)7-12(13)3/h5-7,9-10H,4,8H2,1-3H3,(H,22,24,26). The summed E-state index contributed by atoms with van der Waals surface area (Å²) in [6.45, 7) is 5.91. The highest BCUT2D eigenvalue weighted by atomic mass is 32.1. The van der Waals surface area contributed by atoms with Crippen LogP contribution in [-0.2, 0) is 17.8 Å². The fraction of sp³-hybridized carbons (Fsp3) is 0.250. The van der Waals surface area contributed by atoms with Gasteiger partial charge in [0.25, 0.3) is 5.56 Å². The van der Waals surface area contributed by atoms with Gasteiger partial charge in [-0.1, -0.05) is 42.0 Å². The second-order valence-corrected chi connectivity index (χ2v) is 8.65. The van der Waals surface area contributed by atoms with Crippen molar-refractivity contribution < 1.29 is 4.79 Å². The third-order valence-electron chi connectivity index (χ3n) is 4.56.